The third-order valence-corrected chi connectivity index (χ3v) is 6.83. The highest BCUT2D eigenvalue weighted by molar-refractivity contribution is 7.42. The Morgan fingerprint density at radius 2 is 1.53 bits per heavy atom. The van der Waals surface area contributed by atoms with Gasteiger partial charge in [-0.1, -0.05) is 0 Å². The van der Waals surface area contributed by atoms with Gasteiger partial charge in [0, 0.05) is 0 Å². The van der Waals surface area contributed by atoms with Crippen molar-refractivity contribution in [3.05, 3.63) is 61.2 Å². The molecule has 4 aromatic rings. The van der Waals surface area contributed by atoms with Crippen LogP contribution in [0.5, 0.6) is 23.0 Å². The van der Waals surface area contributed by atoms with Crippen LogP contribution in [0, 0.1) is 0 Å². The van der Waals surface area contributed by atoms with E-state index in [0.29, 0.717) is 34.2 Å². The van der Waals surface area contributed by atoms with Gasteiger partial charge in [-0.05, 0) is 48.5 Å². The molecule has 0 aliphatic carbocycles. The van der Waals surface area contributed by atoms with E-state index >= 15 is 8.78 Å². The molecule has 1 aliphatic rings. The maximum absolute atomic E-state index is 15.0. The molecule has 0 spiro atoms. The lowest BCUT2D eigenvalue weighted by Crippen LogP contribution is -2.32. The van der Waals surface area contributed by atoms with E-state index in [1.54, 1.807) is 62.8 Å². The van der Waals surface area contributed by atoms with E-state index in [0.717, 1.165) is 0 Å². The number of alkyl halides is 2. The maximum Gasteiger partial charge on any atom is 0.463 e. The summed E-state index contributed by atoms with van der Waals surface area (Å²) in [5.41, 5.74) is 6.42. The van der Waals surface area contributed by atoms with Crippen LogP contribution in [0.1, 0.15) is 12.6 Å². The molecule has 3 heterocycles. The molecule has 0 saturated carbocycles. The molecule has 2 N–H and O–H groups in total. The third kappa shape index (κ3) is 5.54. The molecule has 2 aromatic carbocycles. The highest BCUT2D eigenvalue weighted by atomic mass is 31.2. The summed E-state index contributed by atoms with van der Waals surface area (Å²) in [6, 6.07) is 13.4. The van der Waals surface area contributed by atoms with Gasteiger partial charge in [0.2, 0.25) is 0 Å². The normalized spacial score (nSPS) is 18.6. The summed E-state index contributed by atoms with van der Waals surface area (Å²) in [4.78, 5) is 12.1. The Balaban J connectivity index is 1.30. The van der Waals surface area contributed by atoms with Crippen molar-refractivity contribution in [2.24, 2.45) is 0 Å². The van der Waals surface area contributed by atoms with E-state index in [2.05, 4.69) is 15.0 Å². The lowest BCUT2D eigenvalue weighted by molar-refractivity contribution is -0.0976. The highest BCUT2D eigenvalue weighted by Crippen LogP contribution is 2.46. The monoisotopic (exact) mass is 547 g/mol. The Kier molecular flexibility index (Phi) is 7.41. The topological polar surface area (TPSA) is 125 Å². The minimum absolute atomic E-state index is 0.149. The summed E-state index contributed by atoms with van der Waals surface area (Å²) in [6.07, 6.45) is -0.620. The number of nitrogens with two attached hydrogens (primary N) is 1. The zero-order valence-electron chi connectivity index (χ0n) is 20.4. The molecule has 2 unspecified atom stereocenters. The molecule has 1 saturated heterocycles. The predicted molar refractivity (Wildman–Crippen MR) is 133 cm³/mol. The highest BCUT2D eigenvalue weighted by Gasteiger charge is 2.52. The number of rotatable bonds is 10. The van der Waals surface area contributed by atoms with Gasteiger partial charge >= 0.3 is 8.60 Å². The van der Waals surface area contributed by atoms with Crippen LogP contribution in [0.4, 0.5) is 14.6 Å². The summed E-state index contributed by atoms with van der Waals surface area (Å²) in [5, 5.41) is 0. The first-order chi connectivity index (χ1) is 18.4. The SMILES string of the molecule is COc1ccc(OP(OCC2OC(n3cnc4c(N)ncnc43)CC2(F)F)Oc2ccc(OC)cc2)cc1. The van der Waals surface area contributed by atoms with Crippen molar-refractivity contribution in [2.75, 3.05) is 26.6 Å². The first-order valence-corrected chi connectivity index (χ1v) is 12.5. The zero-order valence-corrected chi connectivity index (χ0v) is 21.3. The van der Waals surface area contributed by atoms with Crippen molar-refractivity contribution in [1.82, 2.24) is 19.5 Å². The Morgan fingerprint density at radius 3 is 2.11 bits per heavy atom. The molecule has 200 valence electrons. The van der Waals surface area contributed by atoms with E-state index in [1.807, 2.05) is 0 Å². The van der Waals surface area contributed by atoms with Crippen molar-refractivity contribution in [2.45, 2.75) is 24.7 Å². The predicted octanol–water partition coefficient (Wildman–Crippen LogP) is 4.75. The van der Waals surface area contributed by atoms with Gasteiger partial charge in [-0.15, -0.1) is 0 Å². The van der Waals surface area contributed by atoms with E-state index in [1.165, 1.54) is 17.2 Å². The number of halogens is 2. The van der Waals surface area contributed by atoms with Crippen LogP contribution in [0.25, 0.3) is 11.2 Å². The summed E-state index contributed by atoms with van der Waals surface area (Å²) in [6.45, 7) is -0.495. The van der Waals surface area contributed by atoms with Gasteiger partial charge in [0.15, 0.2) is 11.5 Å². The average Bonchev–Trinajstić information content (AvgIpc) is 3.49. The summed E-state index contributed by atoms with van der Waals surface area (Å²) >= 11 is 0. The van der Waals surface area contributed by atoms with Crippen LogP contribution in [0.3, 0.4) is 0 Å². The lowest BCUT2D eigenvalue weighted by Gasteiger charge is -2.22. The fourth-order valence-corrected chi connectivity index (χ4v) is 4.74. The standard InChI is InChI=1S/C24H24F2N5O6P/c1-32-15-3-7-17(8-4-15)36-38(37-18-9-5-16(33-2)6-10-18)34-12-19-24(25,26)11-20(35-19)31-14-30-21-22(27)28-13-29-23(21)31/h3-10,13-14,19-20H,11-12H2,1-2H3,(H2,27,28,29). The number of hydrogen-bond donors (Lipinski definition) is 1. The molecule has 0 radical (unpaired) electrons. The van der Waals surface area contributed by atoms with Gasteiger partial charge < -0.3 is 29.0 Å². The summed E-state index contributed by atoms with van der Waals surface area (Å²) < 4.78 is 64.9. The Labute approximate surface area is 217 Å². The second-order valence-electron chi connectivity index (χ2n) is 8.18. The van der Waals surface area contributed by atoms with Crippen molar-refractivity contribution < 1.29 is 36.6 Å². The first kappa shape index (κ1) is 25.8. The second kappa shape index (κ2) is 10.9. The molecule has 1 aliphatic heterocycles. The number of fused-ring (bicyclic) bond motifs is 1. The fourth-order valence-electron chi connectivity index (χ4n) is 3.75. The van der Waals surface area contributed by atoms with Crippen LogP contribution < -0.4 is 24.3 Å². The molecule has 0 bridgehead atoms. The Hall–Kier alpha value is -3.80. The molecule has 14 heteroatoms. The van der Waals surface area contributed by atoms with Gasteiger partial charge in [0.05, 0.1) is 33.6 Å². The van der Waals surface area contributed by atoms with Gasteiger partial charge in [-0.25, -0.2) is 23.7 Å². The quantitative estimate of drug-likeness (QED) is 0.278. The number of nitrogen functional groups attached to an aromatic ring is 1. The van der Waals surface area contributed by atoms with Crippen LogP contribution in [-0.2, 0) is 9.26 Å². The molecular weight excluding hydrogens is 523 g/mol. The Bertz CT molecular complexity index is 1330. The van der Waals surface area contributed by atoms with Gasteiger partial charge in [0.1, 0.15) is 47.2 Å². The zero-order chi connectivity index (χ0) is 26.7. The van der Waals surface area contributed by atoms with Crippen LogP contribution >= 0.6 is 8.60 Å². The number of anilines is 1. The first-order valence-electron chi connectivity index (χ1n) is 11.4. The van der Waals surface area contributed by atoms with E-state index in [-0.39, 0.29) is 5.82 Å². The molecule has 0 amide bonds. The van der Waals surface area contributed by atoms with Crippen molar-refractivity contribution in [3.8, 4) is 23.0 Å². The largest absolute Gasteiger partial charge is 0.497 e. The van der Waals surface area contributed by atoms with E-state index in [4.69, 9.17) is 33.5 Å². The molecule has 2 aromatic heterocycles. The Morgan fingerprint density at radius 1 is 0.947 bits per heavy atom. The van der Waals surface area contributed by atoms with Crippen LogP contribution in [0.15, 0.2) is 61.2 Å². The number of ether oxygens (including phenoxy) is 3. The van der Waals surface area contributed by atoms with E-state index in [9.17, 15) is 0 Å². The number of hydrogen-bond acceptors (Lipinski definition) is 10. The second-order valence-corrected chi connectivity index (χ2v) is 9.25. The molecular formula is C24H24F2N5O6P. The van der Waals surface area contributed by atoms with Gasteiger partial charge in [0.25, 0.3) is 5.92 Å². The minimum atomic E-state index is -3.21. The number of aromatic nitrogens is 4. The molecule has 5 rings (SSSR count). The van der Waals surface area contributed by atoms with Crippen molar-refractivity contribution in [3.63, 3.8) is 0 Å². The van der Waals surface area contributed by atoms with Gasteiger partial charge in [-0.2, -0.15) is 0 Å². The number of methoxy groups -OCH3 is 2. The molecule has 11 nitrogen and oxygen atoms in total. The number of nitrogens with zero attached hydrogens (tertiary/aromatic N) is 4. The fraction of sp³-hybridized carbons (Fsp3) is 0.292. The average molecular weight is 547 g/mol. The number of benzene rings is 2. The number of imidazole rings is 1. The van der Waals surface area contributed by atoms with Crippen LogP contribution in [-0.4, -0.2) is 52.4 Å². The van der Waals surface area contributed by atoms with Gasteiger partial charge in [-0.3, -0.25) is 9.09 Å². The van der Waals surface area contributed by atoms with Crippen molar-refractivity contribution >= 4 is 25.6 Å². The third-order valence-electron chi connectivity index (χ3n) is 5.75. The molecule has 38 heavy (non-hydrogen) atoms. The molecule has 2 atom stereocenters. The smallest absolute Gasteiger partial charge is 0.463 e. The summed E-state index contributed by atoms with van der Waals surface area (Å²) in [7, 11) is 0.946. The van der Waals surface area contributed by atoms with Crippen molar-refractivity contribution in [1.29, 1.82) is 0 Å². The summed E-state index contributed by atoms with van der Waals surface area (Å²) in [5.74, 6) is -0.990. The van der Waals surface area contributed by atoms with Crippen LogP contribution in [0.2, 0.25) is 0 Å². The van der Waals surface area contributed by atoms with E-state index < -0.39 is 39.9 Å². The molecule has 1 fully saturated rings. The maximum atomic E-state index is 15.0. The lowest BCUT2D eigenvalue weighted by atomic mass is 10.2. The minimum Gasteiger partial charge on any atom is -0.497 e.